The first-order valence-corrected chi connectivity index (χ1v) is 12.7. The van der Waals surface area contributed by atoms with E-state index in [1.807, 2.05) is 72.8 Å². The maximum atomic E-state index is 13.6. The summed E-state index contributed by atoms with van der Waals surface area (Å²) in [6.45, 7) is 1.55. The van der Waals surface area contributed by atoms with Crippen molar-refractivity contribution in [3.8, 4) is 5.75 Å². The van der Waals surface area contributed by atoms with Crippen LogP contribution in [-0.4, -0.2) is 43.2 Å². The lowest BCUT2D eigenvalue weighted by Gasteiger charge is -2.32. The molecule has 0 spiro atoms. The predicted octanol–water partition coefficient (Wildman–Crippen LogP) is 3.94. The van der Waals surface area contributed by atoms with E-state index < -0.39 is 15.3 Å². The lowest BCUT2D eigenvalue weighted by Crippen LogP contribution is -2.44. The SMILES string of the molecule is CN1OC[C@H](S(=O)(=O)N2CCc3ccccc3C2)[C@@H]1c1ccc(OCc2ccccc2)cc1. The third-order valence-electron chi connectivity index (χ3n) is 6.49. The number of rotatable bonds is 6. The van der Waals surface area contributed by atoms with Crippen LogP contribution in [-0.2, 0) is 34.4 Å². The molecule has 1 saturated heterocycles. The summed E-state index contributed by atoms with van der Waals surface area (Å²) in [6, 6.07) is 25.3. The summed E-state index contributed by atoms with van der Waals surface area (Å²) in [5, 5.41) is 1.00. The van der Waals surface area contributed by atoms with Crippen LogP contribution in [0.2, 0.25) is 0 Å². The minimum absolute atomic E-state index is 0.147. The van der Waals surface area contributed by atoms with Gasteiger partial charge in [0.1, 0.15) is 17.6 Å². The van der Waals surface area contributed by atoms with Crippen molar-refractivity contribution in [1.82, 2.24) is 9.37 Å². The Labute approximate surface area is 195 Å². The molecule has 2 heterocycles. The molecule has 3 aromatic carbocycles. The highest BCUT2D eigenvalue weighted by atomic mass is 32.2. The Kier molecular flexibility index (Phi) is 6.21. The number of ether oxygens (including phenoxy) is 1. The standard InChI is InChI=1S/C26H28N2O4S/c1-27-26(22-11-13-24(14-12-22)31-18-20-7-3-2-4-8-20)25(19-32-27)33(29,30)28-16-15-21-9-5-6-10-23(21)17-28/h2-14,25-26H,15-19H2,1H3/t25-,26-/m0/s1. The van der Waals surface area contributed by atoms with Gasteiger partial charge >= 0.3 is 0 Å². The molecule has 0 unspecified atom stereocenters. The number of hydrogen-bond acceptors (Lipinski definition) is 5. The van der Waals surface area contributed by atoms with E-state index in [-0.39, 0.29) is 12.6 Å². The molecule has 0 N–H and O–H groups in total. The molecular weight excluding hydrogens is 436 g/mol. The summed E-state index contributed by atoms with van der Waals surface area (Å²) in [5.74, 6) is 0.746. The predicted molar refractivity (Wildman–Crippen MR) is 127 cm³/mol. The smallest absolute Gasteiger partial charge is 0.221 e. The van der Waals surface area contributed by atoms with Gasteiger partial charge in [0, 0.05) is 20.1 Å². The van der Waals surface area contributed by atoms with Gasteiger partial charge in [0.25, 0.3) is 0 Å². The van der Waals surface area contributed by atoms with Gasteiger partial charge in [-0.3, -0.25) is 4.84 Å². The average molecular weight is 465 g/mol. The van der Waals surface area contributed by atoms with Crippen LogP contribution in [0.25, 0.3) is 0 Å². The van der Waals surface area contributed by atoms with Crippen LogP contribution in [0.5, 0.6) is 5.75 Å². The van der Waals surface area contributed by atoms with Crippen molar-refractivity contribution in [3.05, 3.63) is 101 Å². The number of fused-ring (bicyclic) bond motifs is 1. The number of nitrogens with zero attached hydrogens (tertiary/aromatic N) is 2. The lowest BCUT2D eigenvalue weighted by molar-refractivity contribution is -0.110. The molecule has 5 rings (SSSR count). The quantitative estimate of drug-likeness (QED) is 0.553. The van der Waals surface area contributed by atoms with Crippen molar-refractivity contribution in [3.63, 3.8) is 0 Å². The zero-order valence-electron chi connectivity index (χ0n) is 18.6. The lowest BCUT2D eigenvalue weighted by atomic mass is 10.0. The van der Waals surface area contributed by atoms with Crippen LogP contribution in [0.15, 0.2) is 78.9 Å². The molecule has 1 fully saturated rings. The Balaban J connectivity index is 1.32. The molecule has 2 aliphatic rings. The Morgan fingerprint density at radius 2 is 1.64 bits per heavy atom. The monoisotopic (exact) mass is 464 g/mol. The largest absolute Gasteiger partial charge is 0.489 e. The summed E-state index contributed by atoms with van der Waals surface area (Å²) in [7, 11) is -1.76. The zero-order chi connectivity index (χ0) is 22.8. The first kappa shape index (κ1) is 22.1. The van der Waals surface area contributed by atoms with Gasteiger partial charge in [0.05, 0.1) is 12.6 Å². The van der Waals surface area contributed by atoms with Gasteiger partial charge in [-0.25, -0.2) is 8.42 Å². The van der Waals surface area contributed by atoms with Crippen LogP contribution >= 0.6 is 0 Å². The van der Waals surface area contributed by atoms with E-state index in [4.69, 9.17) is 9.57 Å². The number of hydroxylamine groups is 2. The molecule has 6 nitrogen and oxygen atoms in total. The van der Waals surface area contributed by atoms with E-state index in [1.54, 1.807) is 16.4 Å². The molecule has 33 heavy (non-hydrogen) atoms. The van der Waals surface area contributed by atoms with Crippen LogP contribution in [0.4, 0.5) is 0 Å². The van der Waals surface area contributed by atoms with Crippen LogP contribution < -0.4 is 4.74 Å². The van der Waals surface area contributed by atoms with Crippen molar-refractivity contribution >= 4 is 10.0 Å². The Bertz CT molecular complexity index is 1200. The molecule has 2 aliphatic heterocycles. The average Bonchev–Trinajstić information content (AvgIpc) is 3.25. The molecule has 0 saturated carbocycles. The topological polar surface area (TPSA) is 59.1 Å². The van der Waals surface area contributed by atoms with Crippen LogP contribution in [0, 0.1) is 0 Å². The fraction of sp³-hybridized carbons (Fsp3) is 0.308. The highest BCUT2D eigenvalue weighted by molar-refractivity contribution is 7.89. The minimum Gasteiger partial charge on any atom is -0.489 e. The summed E-state index contributed by atoms with van der Waals surface area (Å²) in [4.78, 5) is 5.71. The summed E-state index contributed by atoms with van der Waals surface area (Å²) in [5.41, 5.74) is 4.30. The maximum absolute atomic E-state index is 13.6. The highest BCUT2D eigenvalue weighted by Gasteiger charge is 2.46. The van der Waals surface area contributed by atoms with Crippen molar-refractivity contribution in [2.75, 3.05) is 20.2 Å². The van der Waals surface area contributed by atoms with Crippen molar-refractivity contribution in [1.29, 1.82) is 0 Å². The second-order valence-corrected chi connectivity index (χ2v) is 10.7. The zero-order valence-corrected chi connectivity index (χ0v) is 19.4. The van der Waals surface area contributed by atoms with Crippen molar-refractivity contribution < 1.29 is 18.0 Å². The summed E-state index contributed by atoms with van der Waals surface area (Å²) < 4.78 is 34.8. The molecule has 0 bridgehead atoms. The maximum Gasteiger partial charge on any atom is 0.221 e. The molecule has 0 amide bonds. The molecule has 0 aromatic heterocycles. The molecule has 0 radical (unpaired) electrons. The van der Waals surface area contributed by atoms with Gasteiger partial charge in [0.2, 0.25) is 10.0 Å². The molecule has 3 aromatic rings. The van der Waals surface area contributed by atoms with E-state index in [2.05, 4.69) is 6.07 Å². The van der Waals surface area contributed by atoms with E-state index in [0.29, 0.717) is 19.7 Å². The first-order valence-electron chi connectivity index (χ1n) is 11.2. The number of benzene rings is 3. The van der Waals surface area contributed by atoms with Gasteiger partial charge < -0.3 is 4.74 Å². The third-order valence-corrected chi connectivity index (χ3v) is 8.68. The Hall–Kier alpha value is -2.71. The molecule has 2 atom stereocenters. The number of sulfonamides is 1. The Morgan fingerprint density at radius 3 is 2.39 bits per heavy atom. The van der Waals surface area contributed by atoms with E-state index in [9.17, 15) is 8.42 Å². The third kappa shape index (κ3) is 4.54. The number of hydrogen-bond donors (Lipinski definition) is 0. The van der Waals surface area contributed by atoms with Gasteiger partial charge in [-0.15, -0.1) is 0 Å². The normalized spacial score (nSPS) is 21.6. The fourth-order valence-electron chi connectivity index (χ4n) is 4.65. The second kappa shape index (κ2) is 9.27. The second-order valence-electron chi connectivity index (χ2n) is 8.57. The van der Waals surface area contributed by atoms with Gasteiger partial charge in [0.15, 0.2) is 0 Å². The van der Waals surface area contributed by atoms with Gasteiger partial charge in [-0.05, 0) is 40.8 Å². The summed E-state index contributed by atoms with van der Waals surface area (Å²) >= 11 is 0. The summed E-state index contributed by atoms with van der Waals surface area (Å²) in [6.07, 6.45) is 0.733. The van der Waals surface area contributed by atoms with Gasteiger partial charge in [-0.2, -0.15) is 9.37 Å². The molecular formula is C26H28N2O4S. The van der Waals surface area contributed by atoms with E-state index in [1.165, 1.54) is 5.56 Å². The van der Waals surface area contributed by atoms with E-state index >= 15 is 0 Å². The fourth-order valence-corrected chi connectivity index (χ4v) is 6.59. The van der Waals surface area contributed by atoms with E-state index in [0.717, 1.165) is 28.9 Å². The van der Waals surface area contributed by atoms with Crippen molar-refractivity contribution in [2.24, 2.45) is 0 Å². The van der Waals surface area contributed by atoms with Crippen LogP contribution in [0.3, 0.4) is 0 Å². The molecule has 0 aliphatic carbocycles. The Morgan fingerprint density at radius 1 is 0.939 bits per heavy atom. The first-order chi connectivity index (χ1) is 16.0. The molecule has 7 heteroatoms. The minimum atomic E-state index is -3.56. The van der Waals surface area contributed by atoms with Gasteiger partial charge in [-0.1, -0.05) is 66.7 Å². The van der Waals surface area contributed by atoms with Crippen molar-refractivity contribution in [2.45, 2.75) is 30.9 Å². The van der Waals surface area contributed by atoms with Crippen LogP contribution in [0.1, 0.15) is 28.3 Å². The highest BCUT2D eigenvalue weighted by Crippen LogP contribution is 2.37. The molecule has 172 valence electrons.